The molecule has 2 heterocycles. The molecule has 5 nitrogen and oxygen atoms in total. The molecule has 0 bridgehead atoms. The number of benzene rings is 2. The molecule has 2 aliphatic heterocycles. The SMILES string of the molecule is CC1(C(=O)Nc2ccccc2F)CCN1Cc1cccc2c1OCO2. The van der Waals surface area contributed by atoms with Crippen LogP contribution in [0.4, 0.5) is 10.1 Å². The largest absolute Gasteiger partial charge is 0.454 e. The van der Waals surface area contributed by atoms with Gasteiger partial charge in [-0.15, -0.1) is 0 Å². The number of rotatable bonds is 4. The molecule has 1 unspecified atom stereocenters. The minimum atomic E-state index is -0.676. The van der Waals surface area contributed by atoms with Crippen molar-refractivity contribution in [1.29, 1.82) is 0 Å². The second kappa shape index (κ2) is 6.04. The highest BCUT2D eigenvalue weighted by Crippen LogP contribution is 2.39. The van der Waals surface area contributed by atoms with E-state index in [0.29, 0.717) is 6.54 Å². The van der Waals surface area contributed by atoms with Gasteiger partial charge in [0.05, 0.1) is 11.2 Å². The van der Waals surface area contributed by atoms with Gasteiger partial charge in [-0.25, -0.2) is 4.39 Å². The lowest BCUT2D eigenvalue weighted by Crippen LogP contribution is -2.63. The number of carbonyl (C=O) groups is 1. The lowest BCUT2D eigenvalue weighted by atomic mass is 9.85. The smallest absolute Gasteiger partial charge is 0.244 e. The molecule has 2 aromatic carbocycles. The summed E-state index contributed by atoms with van der Waals surface area (Å²) in [6.07, 6.45) is 0.722. The highest BCUT2D eigenvalue weighted by atomic mass is 19.1. The van der Waals surface area contributed by atoms with Crippen molar-refractivity contribution in [3.05, 3.63) is 53.8 Å². The van der Waals surface area contributed by atoms with Gasteiger partial charge in [0.1, 0.15) is 5.82 Å². The predicted molar refractivity (Wildman–Crippen MR) is 91.0 cm³/mol. The van der Waals surface area contributed by atoms with Crippen LogP contribution in [-0.4, -0.2) is 29.7 Å². The topological polar surface area (TPSA) is 50.8 Å². The minimum absolute atomic E-state index is 0.200. The molecule has 2 aliphatic rings. The van der Waals surface area contributed by atoms with Crippen molar-refractivity contribution in [2.75, 3.05) is 18.7 Å². The number of para-hydroxylation sites is 2. The highest BCUT2D eigenvalue weighted by Gasteiger charge is 2.47. The molecule has 1 N–H and O–H groups in total. The zero-order valence-corrected chi connectivity index (χ0v) is 13.9. The summed E-state index contributed by atoms with van der Waals surface area (Å²) in [4.78, 5) is 14.8. The van der Waals surface area contributed by atoms with E-state index in [-0.39, 0.29) is 18.4 Å². The Bertz CT molecular complexity index is 826. The van der Waals surface area contributed by atoms with Gasteiger partial charge in [0.15, 0.2) is 11.5 Å². The molecular formula is C19H19FN2O3. The summed E-state index contributed by atoms with van der Waals surface area (Å²) in [5.41, 5.74) is 0.516. The Labute approximate surface area is 145 Å². The van der Waals surface area contributed by atoms with E-state index >= 15 is 0 Å². The molecule has 0 aliphatic carbocycles. The maximum absolute atomic E-state index is 13.8. The number of fused-ring (bicyclic) bond motifs is 1. The number of carbonyl (C=O) groups excluding carboxylic acids is 1. The van der Waals surface area contributed by atoms with Crippen LogP contribution in [0.15, 0.2) is 42.5 Å². The fourth-order valence-corrected chi connectivity index (χ4v) is 3.26. The van der Waals surface area contributed by atoms with E-state index in [1.54, 1.807) is 18.2 Å². The zero-order chi connectivity index (χ0) is 17.4. The molecule has 25 heavy (non-hydrogen) atoms. The number of ether oxygens (including phenoxy) is 2. The lowest BCUT2D eigenvalue weighted by Gasteiger charge is -2.49. The van der Waals surface area contributed by atoms with Crippen LogP contribution in [0.25, 0.3) is 0 Å². The van der Waals surface area contributed by atoms with Crippen molar-refractivity contribution in [2.24, 2.45) is 0 Å². The van der Waals surface area contributed by atoms with E-state index in [0.717, 1.165) is 30.0 Å². The molecular weight excluding hydrogens is 323 g/mol. The van der Waals surface area contributed by atoms with Gasteiger partial charge in [-0.05, 0) is 31.5 Å². The summed E-state index contributed by atoms with van der Waals surface area (Å²) in [6.45, 7) is 3.48. The molecule has 0 aromatic heterocycles. The molecule has 1 saturated heterocycles. The molecule has 130 valence electrons. The van der Waals surface area contributed by atoms with E-state index in [4.69, 9.17) is 9.47 Å². The molecule has 2 aromatic rings. The monoisotopic (exact) mass is 342 g/mol. The van der Waals surface area contributed by atoms with Crippen LogP contribution in [-0.2, 0) is 11.3 Å². The van der Waals surface area contributed by atoms with Crippen molar-refractivity contribution in [2.45, 2.75) is 25.4 Å². The quantitative estimate of drug-likeness (QED) is 0.927. The van der Waals surface area contributed by atoms with Crippen molar-refractivity contribution in [1.82, 2.24) is 4.90 Å². The second-order valence-electron chi connectivity index (χ2n) is 6.53. The summed E-state index contributed by atoms with van der Waals surface area (Å²) in [7, 11) is 0. The van der Waals surface area contributed by atoms with Crippen LogP contribution in [0.5, 0.6) is 11.5 Å². The Kier molecular flexibility index (Phi) is 3.84. The summed E-state index contributed by atoms with van der Waals surface area (Å²) in [6, 6.07) is 12.0. The molecule has 1 fully saturated rings. The van der Waals surface area contributed by atoms with Gasteiger partial charge in [-0.1, -0.05) is 24.3 Å². The van der Waals surface area contributed by atoms with Crippen LogP contribution in [0.3, 0.4) is 0 Å². The Morgan fingerprint density at radius 3 is 2.84 bits per heavy atom. The van der Waals surface area contributed by atoms with E-state index in [1.807, 2.05) is 25.1 Å². The van der Waals surface area contributed by atoms with Crippen molar-refractivity contribution < 1.29 is 18.7 Å². The highest BCUT2D eigenvalue weighted by molar-refractivity contribution is 5.98. The van der Waals surface area contributed by atoms with E-state index in [9.17, 15) is 9.18 Å². The van der Waals surface area contributed by atoms with Crippen molar-refractivity contribution >= 4 is 11.6 Å². The first kappa shape index (κ1) is 15.9. The number of nitrogens with zero attached hydrogens (tertiary/aromatic N) is 1. The van der Waals surface area contributed by atoms with Crippen LogP contribution in [0.1, 0.15) is 18.9 Å². The zero-order valence-electron chi connectivity index (χ0n) is 13.9. The number of hydrogen-bond acceptors (Lipinski definition) is 4. The average Bonchev–Trinajstić information content (AvgIpc) is 3.09. The third-order valence-corrected chi connectivity index (χ3v) is 5.02. The van der Waals surface area contributed by atoms with Gasteiger partial charge in [-0.2, -0.15) is 0 Å². The van der Waals surface area contributed by atoms with Crippen LogP contribution in [0.2, 0.25) is 0 Å². The molecule has 0 saturated carbocycles. The fraction of sp³-hybridized carbons (Fsp3) is 0.316. The summed E-state index contributed by atoms with van der Waals surface area (Å²) < 4.78 is 24.7. The normalized spacial score (nSPS) is 21.7. The number of halogens is 1. The Morgan fingerprint density at radius 2 is 2.08 bits per heavy atom. The Hall–Kier alpha value is -2.60. The van der Waals surface area contributed by atoms with Crippen molar-refractivity contribution in [3.8, 4) is 11.5 Å². The molecule has 0 spiro atoms. The van der Waals surface area contributed by atoms with Gasteiger partial charge in [0.25, 0.3) is 0 Å². The van der Waals surface area contributed by atoms with Gasteiger partial charge < -0.3 is 14.8 Å². The third-order valence-electron chi connectivity index (χ3n) is 5.02. The van der Waals surface area contributed by atoms with Gasteiger partial charge >= 0.3 is 0 Å². The van der Waals surface area contributed by atoms with E-state index < -0.39 is 11.4 Å². The number of nitrogens with one attached hydrogen (secondary N) is 1. The van der Waals surface area contributed by atoms with Gasteiger partial charge in [-0.3, -0.25) is 9.69 Å². The third kappa shape index (κ3) is 2.72. The van der Waals surface area contributed by atoms with Gasteiger partial charge in [0.2, 0.25) is 12.7 Å². The van der Waals surface area contributed by atoms with Gasteiger partial charge in [0, 0.05) is 18.7 Å². The van der Waals surface area contributed by atoms with Crippen molar-refractivity contribution in [3.63, 3.8) is 0 Å². The lowest BCUT2D eigenvalue weighted by molar-refractivity contribution is -0.136. The molecule has 0 radical (unpaired) electrons. The maximum atomic E-state index is 13.8. The number of likely N-dealkylation sites (tertiary alicyclic amines) is 1. The standard InChI is InChI=1S/C19H19FN2O3/c1-19(18(23)21-15-7-3-2-6-14(15)20)9-10-22(19)11-13-5-4-8-16-17(13)25-12-24-16/h2-8H,9-12H2,1H3,(H,21,23). The fourth-order valence-electron chi connectivity index (χ4n) is 3.26. The van der Waals surface area contributed by atoms with E-state index in [2.05, 4.69) is 10.2 Å². The predicted octanol–water partition coefficient (Wildman–Crippen LogP) is 3.16. The number of amides is 1. The number of anilines is 1. The van der Waals surface area contributed by atoms with Crippen LogP contribution in [0, 0.1) is 5.82 Å². The first-order valence-corrected chi connectivity index (χ1v) is 8.26. The van der Waals surface area contributed by atoms with Crippen LogP contribution >= 0.6 is 0 Å². The number of hydrogen-bond donors (Lipinski definition) is 1. The van der Waals surface area contributed by atoms with E-state index in [1.165, 1.54) is 6.07 Å². The first-order valence-electron chi connectivity index (χ1n) is 8.26. The summed E-state index contributed by atoms with van der Waals surface area (Å²) in [5.74, 6) is 0.840. The van der Waals surface area contributed by atoms with Crippen LogP contribution < -0.4 is 14.8 Å². The minimum Gasteiger partial charge on any atom is -0.454 e. The second-order valence-corrected chi connectivity index (χ2v) is 6.53. The molecule has 1 atom stereocenters. The Balaban J connectivity index is 1.50. The molecule has 4 rings (SSSR count). The average molecular weight is 342 g/mol. The Morgan fingerprint density at radius 1 is 1.24 bits per heavy atom. The molecule has 1 amide bonds. The first-order chi connectivity index (χ1) is 12.1. The summed E-state index contributed by atoms with van der Waals surface area (Å²) in [5, 5.41) is 2.71. The maximum Gasteiger partial charge on any atom is 0.244 e. The summed E-state index contributed by atoms with van der Waals surface area (Å²) >= 11 is 0. The molecule has 6 heteroatoms.